The Labute approximate surface area is 657 Å². The Morgan fingerprint density at radius 2 is 0.645 bits per heavy atom. The quantitative estimate of drug-likeness (QED) is 0.100. The maximum Gasteiger partial charge on any atom is 0.0775 e. The second kappa shape index (κ2) is 37.4. The number of aromatic nitrogens is 1. The number of nitrogens with zero attached hydrogens (tertiary/aromatic N) is 7. The fourth-order valence-corrected chi connectivity index (χ4v) is 15.4. The molecule has 14 aromatic carbocycles. The molecular weight excluding hydrogens is 1350 g/mol. The largest absolute Gasteiger partial charge is 0.345 e. The summed E-state index contributed by atoms with van der Waals surface area (Å²) in [4.78, 5) is 17.5. The summed E-state index contributed by atoms with van der Waals surface area (Å²) < 4.78 is 0. The molecule has 15 aromatic rings. The van der Waals surface area contributed by atoms with Crippen molar-refractivity contribution in [1.29, 1.82) is 0 Å². The number of fused-ring (bicyclic) bond motifs is 4. The van der Waals surface area contributed by atoms with E-state index >= 15 is 0 Å². The Morgan fingerprint density at radius 3 is 1.14 bits per heavy atom. The van der Waals surface area contributed by atoms with Gasteiger partial charge in [-0.2, -0.15) is 0 Å². The normalized spacial score (nSPS) is 11.3. The van der Waals surface area contributed by atoms with E-state index in [1.807, 2.05) is 48.7 Å². The van der Waals surface area contributed by atoms with Crippen LogP contribution in [0.3, 0.4) is 0 Å². The average Bonchev–Trinajstić information content (AvgIpc) is 1.58. The zero-order valence-electron chi connectivity index (χ0n) is 66.5. The first-order valence-corrected chi connectivity index (χ1v) is 41.4. The van der Waals surface area contributed by atoms with Gasteiger partial charge >= 0.3 is 0 Å². The lowest BCUT2D eigenvalue weighted by Gasteiger charge is -2.25. The topological polar surface area (TPSA) is 32.3 Å². The number of hydrogen-bond acceptors (Lipinski definition) is 7. The highest BCUT2D eigenvalue weighted by Gasteiger charge is 2.35. The second-order valence-electron chi connectivity index (χ2n) is 29.4. The number of para-hydroxylation sites is 7. The molecule has 0 unspecified atom stereocenters. The van der Waals surface area contributed by atoms with Gasteiger partial charge in [0.15, 0.2) is 0 Å². The molecule has 552 valence electrons. The van der Waals surface area contributed by atoms with Gasteiger partial charge in [-0.05, 0) is 186 Å². The minimum atomic E-state index is -1.19. The van der Waals surface area contributed by atoms with Crippen molar-refractivity contribution in [3.8, 4) is 22.3 Å². The van der Waals surface area contributed by atoms with Gasteiger partial charge in [-0.15, -0.1) is 0 Å². The zero-order valence-corrected chi connectivity index (χ0v) is 67.5. The molecule has 1 aliphatic carbocycles. The fraction of sp³-hybridized carbons (Fsp3) is 0.147. The van der Waals surface area contributed by atoms with Crippen LogP contribution in [0.5, 0.6) is 0 Å². The van der Waals surface area contributed by atoms with E-state index in [1.54, 1.807) is 6.20 Å². The molecule has 1 aromatic heterocycles. The summed E-state index contributed by atoms with van der Waals surface area (Å²) in [6, 6.07) is 129. The van der Waals surface area contributed by atoms with Crippen molar-refractivity contribution in [2.24, 2.45) is 0 Å². The third-order valence-electron chi connectivity index (χ3n) is 20.4. The smallest absolute Gasteiger partial charge is 0.0775 e. The van der Waals surface area contributed by atoms with E-state index in [0.29, 0.717) is 0 Å². The van der Waals surface area contributed by atoms with Crippen LogP contribution in [0.2, 0.25) is 19.6 Å². The van der Waals surface area contributed by atoms with Gasteiger partial charge < -0.3 is 29.4 Å². The molecule has 0 saturated carbocycles. The first-order chi connectivity index (χ1) is 53.3. The molecule has 0 amide bonds. The molecule has 0 radical (unpaired) electrons. The van der Waals surface area contributed by atoms with Gasteiger partial charge in [-0.3, -0.25) is 4.98 Å². The van der Waals surface area contributed by atoms with Crippen molar-refractivity contribution in [3.05, 3.63) is 410 Å². The first-order valence-electron chi connectivity index (χ1n) is 37.9. The number of pyridine rings is 1. The van der Waals surface area contributed by atoms with Crippen LogP contribution in [0.25, 0.3) is 33.0 Å². The van der Waals surface area contributed by atoms with E-state index < -0.39 is 8.07 Å². The highest BCUT2D eigenvalue weighted by Crippen LogP contribution is 2.50. The Morgan fingerprint density at radius 1 is 0.282 bits per heavy atom. The van der Waals surface area contributed by atoms with Gasteiger partial charge in [-0.1, -0.05) is 293 Å². The molecule has 0 atom stereocenters. The van der Waals surface area contributed by atoms with Crippen molar-refractivity contribution >= 4 is 92.3 Å². The van der Waals surface area contributed by atoms with E-state index in [1.165, 1.54) is 129 Å². The summed E-state index contributed by atoms with van der Waals surface area (Å²) in [5.41, 5.74) is 26.6. The van der Waals surface area contributed by atoms with Gasteiger partial charge in [0.05, 0.1) is 20.0 Å². The maximum absolute atomic E-state index is 4.19. The van der Waals surface area contributed by atoms with Crippen LogP contribution in [0.1, 0.15) is 41.7 Å². The average molecular weight is 1460 g/mol. The Bertz CT molecular complexity index is 5250. The summed E-state index contributed by atoms with van der Waals surface area (Å²) in [7, 11) is 11.4. The van der Waals surface area contributed by atoms with Crippen LogP contribution in [0.4, 0.5) is 68.2 Å². The van der Waals surface area contributed by atoms with Gasteiger partial charge in [-0.25, -0.2) is 0 Å². The van der Waals surface area contributed by atoms with Crippen molar-refractivity contribution in [3.63, 3.8) is 0 Å². The Balaban J connectivity index is 0.000000132. The fourth-order valence-electron chi connectivity index (χ4n) is 14.2. The van der Waals surface area contributed by atoms with Crippen molar-refractivity contribution < 1.29 is 0 Å². The molecule has 0 aliphatic heterocycles. The number of anilines is 12. The van der Waals surface area contributed by atoms with Crippen molar-refractivity contribution in [2.45, 2.75) is 59.7 Å². The SMILES string of the molecule is CN(c1ccccc1)c1ccc([Si](C)(C)C)cc1.CN(c1ccccc1)c1ccc2c(c1)C(C)(C)c1ccccc1-2.CN(c1ccccc1)c1cccc2ccccc12.CN(c1ccccc1)c1ccccc1.CN(c1cccnc1)c1ccccc1-c1ccccc1.Cc1cc(C)c(N(C)c2ccccc2)c(C)c1. The van der Waals surface area contributed by atoms with E-state index in [2.05, 4.69) is 459 Å². The minimum absolute atomic E-state index is 0.0550. The van der Waals surface area contributed by atoms with Crippen molar-refractivity contribution in [1.82, 2.24) is 4.98 Å². The molecule has 16 rings (SSSR count). The number of rotatable bonds is 14. The van der Waals surface area contributed by atoms with Gasteiger partial charge in [0.25, 0.3) is 0 Å². The maximum atomic E-state index is 4.19. The summed E-state index contributed by atoms with van der Waals surface area (Å²) in [6.07, 6.45) is 3.67. The zero-order chi connectivity index (χ0) is 77.6. The lowest BCUT2D eigenvalue weighted by molar-refractivity contribution is 0.660. The predicted octanol–water partition coefficient (Wildman–Crippen LogP) is 26.7. The van der Waals surface area contributed by atoms with Crippen LogP contribution in [-0.2, 0) is 5.41 Å². The highest BCUT2D eigenvalue weighted by molar-refractivity contribution is 6.88. The van der Waals surface area contributed by atoms with E-state index in [-0.39, 0.29) is 5.41 Å². The summed E-state index contributed by atoms with van der Waals surface area (Å²) in [6.45, 7) is 18.3. The molecule has 8 heteroatoms. The van der Waals surface area contributed by atoms with E-state index in [9.17, 15) is 0 Å². The molecule has 110 heavy (non-hydrogen) atoms. The lowest BCUT2D eigenvalue weighted by atomic mass is 9.82. The molecule has 0 saturated heterocycles. The monoisotopic (exact) mass is 1460 g/mol. The third kappa shape index (κ3) is 19.8. The van der Waals surface area contributed by atoms with Crippen LogP contribution < -0.4 is 34.6 Å². The Hall–Kier alpha value is -12.5. The lowest BCUT2D eigenvalue weighted by Crippen LogP contribution is -2.37. The summed E-state index contributed by atoms with van der Waals surface area (Å²) >= 11 is 0. The van der Waals surface area contributed by atoms with Crippen LogP contribution in [-0.4, -0.2) is 55.3 Å². The number of hydrogen-bond donors (Lipinski definition) is 0. The van der Waals surface area contributed by atoms with Gasteiger partial charge in [0.1, 0.15) is 0 Å². The van der Waals surface area contributed by atoms with Crippen LogP contribution in [0, 0.1) is 20.8 Å². The molecule has 0 fully saturated rings. The van der Waals surface area contributed by atoms with Crippen LogP contribution >= 0.6 is 0 Å². The molecule has 0 N–H and O–H groups in total. The Kier molecular flexibility index (Phi) is 26.7. The second-order valence-corrected chi connectivity index (χ2v) is 34.5. The summed E-state index contributed by atoms with van der Waals surface area (Å²) in [5.74, 6) is 0. The molecule has 7 nitrogen and oxygen atoms in total. The van der Waals surface area contributed by atoms with Gasteiger partial charge in [0, 0.05) is 127 Å². The number of benzene rings is 14. The third-order valence-corrected chi connectivity index (χ3v) is 22.5. The van der Waals surface area contributed by atoms with Crippen molar-refractivity contribution in [2.75, 3.05) is 71.7 Å². The highest BCUT2D eigenvalue weighted by atomic mass is 28.3. The molecular formula is C102H105N7Si. The van der Waals surface area contributed by atoms with Gasteiger partial charge in [0.2, 0.25) is 0 Å². The van der Waals surface area contributed by atoms with E-state index in [4.69, 9.17) is 0 Å². The molecule has 1 aliphatic rings. The predicted molar refractivity (Wildman–Crippen MR) is 481 cm³/mol. The molecule has 0 spiro atoms. The first kappa shape index (κ1) is 78.6. The molecule has 1 heterocycles. The standard InChI is InChI=1S/C22H21N.C18H16N2.C17H15N.C16H21NSi.C16H19N.C13H13N/c1-22(2)20-12-8-7-11-18(20)19-14-13-17(15-21(19)22)23(3)16-9-5-4-6-10-16;1-20(16-10-7-13-19-14-16)18-12-6-5-11-17(18)15-8-3-2-4-9-15;1-18(15-10-3-2-4-11-15)17-13-7-9-14-8-5-6-12-16(14)17;1-17(14-8-6-5-7-9-14)15-10-12-16(13-11-15)18(2,3)4;1-12-10-13(2)16(14(3)11-12)17(4)15-8-6-5-7-9-15;1-14(12-8-4-2-5-9-12)13-10-6-3-7-11-13/h4-15H,1-3H3;2-14H,1H3;2-13H,1H3;5-13H,1-4H3;5-11H,1-4H3;2-11H,1H3. The number of aryl methyl sites for hydroxylation is 3. The minimum Gasteiger partial charge on any atom is -0.345 e. The molecule has 0 bridgehead atoms. The summed E-state index contributed by atoms with van der Waals surface area (Å²) in [5, 5.41) is 4.07. The van der Waals surface area contributed by atoms with E-state index in [0.717, 1.165) is 5.69 Å². The van der Waals surface area contributed by atoms with Crippen LogP contribution in [0.15, 0.2) is 382 Å².